The van der Waals surface area contributed by atoms with Crippen molar-refractivity contribution in [2.45, 2.75) is 23.9 Å². The predicted molar refractivity (Wildman–Crippen MR) is 151 cm³/mol. The number of hydrazone groups is 1. The van der Waals surface area contributed by atoms with Crippen LogP contribution in [0.4, 0.5) is 5.69 Å². The number of methoxy groups -OCH3 is 1. The van der Waals surface area contributed by atoms with Crippen LogP contribution < -0.4 is 15.5 Å². The van der Waals surface area contributed by atoms with Gasteiger partial charge in [-0.2, -0.15) is 5.10 Å². The zero-order valence-electron chi connectivity index (χ0n) is 20.4. The highest BCUT2D eigenvalue weighted by Crippen LogP contribution is 2.39. The number of benzene rings is 3. The Morgan fingerprint density at radius 1 is 1.16 bits per heavy atom. The van der Waals surface area contributed by atoms with Crippen LogP contribution in [0.25, 0.3) is 5.69 Å². The minimum Gasteiger partial charge on any atom is -0.504 e. The van der Waals surface area contributed by atoms with E-state index in [9.17, 15) is 9.90 Å². The second kappa shape index (κ2) is 12.7. The van der Waals surface area contributed by atoms with Crippen molar-refractivity contribution >= 4 is 52.8 Å². The van der Waals surface area contributed by atoms with E-state index in [1.807, 2.05) is 65.2 Å². The van der Waals surface area contributed by atoms with Gasteiger partial charge in [-0.05, 0) is 31.2 Å². The zero-order chi connectivity index (χ0) is 27.1. The lowest BCUT2D eigenvalue weighted by molar-refractivity contribution is -0.120. The fourth-order valence-corrected chi connectivity index (χ4v) is 4.69. The number of para-hydroxylation sites is 2. The smallest absolute Gasteiger partial charge is 0.253 e. The Labute approximate surface area is 233 Å². The van der Waals surface area contributed by atoms with Crippen LogP contribution in [-0.2, 0) is 11.3 Å². The van der Waals surface area contributed by atoms with E-state index >= 15 is 0 Å². The van der Waals surface area contributed by atoms with Gasteiger partial charge in [0.25, 0.3) is 5.91 Å². The van der Waals surface area contributed by atoms with E-state index < -0.39 is 5.25 Å². The molecule has 196 valence electrons. The Bertz CT molecular complexity index is 1430. The first-order chi connectivity index (χ1) is 18.4. The van der Waals surface area contributed by atoms with Crippen LogP contribution in [0, 0.1) is 0 Å². The van der Waals surface area contributed by atoms with Crippen molar-refractivity contribution in [1.82, 2.24) is 20.2 Å². The number of amides is 1. The summed E-state index contributed by atoms with van der Waals surface area (Å²) in [5.74, 6) is 0.194. The van der Waals surface area contributed by atoms with E-state index in [2.05, 4.69) is 26.0 Å². The molecule has 3 aromatic carbocycles. The van der Waals surface area contributed by atoms with Gasteiger partial charge >= 0.3 is 0 Å². The molecule has 0 aliphatic heterocycles. The number of carbonyl (C=O) groups excluding carboxylic acids is 1. The van der Waals surface area contributed by atoms with Gasteiger partial charge in [-0.1, -0.05) is 71.4 Å². The molecule has 1 heterocycles. The van der Waals surface area contributed by atoms with E-state index in [-0.39, 0.29) is 33.0 Å². The Morgan fingerprint density at radius 3 is 2.53 bits per heavy atom. The summed E-state index contributed by atoms with van der Waals surface area (Å²) in [5, 5.41) is 26.6. The molecule has 0 spiro atoms. The number of anilines is 1. The molecule has 3 N–H and O–H groups in total. The molecular formula is C26H24Cl2N6O3S. The minimum atomic E-state index is -0.577. The molecule has 0 aliphatic carbocycles. The number of halogens is 2. The molecule has 0 aliphatic rings. The Morgan fingerprint density at radius 2 is 1.84 bits per heavy atom. The maximum atomic E-state index is 12.8. The molecule has 0 saturated carbocycles. The summed E-state index contributed by atoms with van der Waals surface area (Å²) >= 11 is 13.5. The second-order valence-electron chi connectivity index (χ2n) is 7.92. The molecule has 1 amide bonds. The fraction of sp³-hybridized carbons (Fsp3) is 0.154. The van der Waals surface area contributed by atoms with Gasteiger partial charge in [0.15, 0.2) is 22.5 Å². The summed E-state index contributed by atoms with van der Waals surface area (Å²) in [4.78, 5) is 12.8. The van der Waals surface area contributed by atoms with Gasteiger partial charge in [0.2, 0.25) is 0 Å². The fourth-order valence-electron chi connectivity index (χ4n) is 3.41. The van der Waals surface area contributed by atoms with E-state index in [0.29, 0.717) is 17.5 Å². The molecule has 0 unspecified atom stereocenters. The number of rotatable bonds is 10. The molecule has 38 heavy (non-hydrogen) atoms. The monoisotopic (exact) mass is 570 g/mol. The van der Waals surface area contributed by atoms with Crippen molar-refractivity contribution < 1.29 is 14.6 Å². The average Bonchev–Trinajstić information content (AvgIpc) is 3.34. The number of nitrogens with zero attached hydrogens (tertiary/aromatic N) is 4. The molecule has 0 bridgehead atoms. The normalized spacial score (nSPS) is 11.9. The lowest BCUT2D eigenvalue weighted by Crippen LogP contribution is -2.27. The van der Waals surface area contributed by atoms with Crippen LogP contribution in [0.2, 0.25) is 10.0 Å². The van der Waals surface area contributed by atoms with E-state index in [0.717, 1.165) is 11.4 Å². The molecule has 12 heteroatoms. The van der Waals surface area contributed by atoms with Crippen LogP contribution >= 0.6 is 35.0 Å². The largest absolute Gasteiger partial charge is 0.504 e. The number of carbonyl (C=O) groups is 1. The Hall–Kier alpha value is -3.73. The first-order valence-corrected chi connectivity index (χ1v) is 13.1. The Kier molecular flexibility index (Phi) is 9.11. The van der Waals surface area contributed by atoms with Crippen molar-refractivity contribution in [2.24, 2.45) is 5.10 Å². The zero-order valence-corrected chi connectivity index (χ0v) is 22.8. The molecule has 4 aromatic rings. The van der Waals surface area contributed by atoms with Gasteiger partial charge in [-0.15, -0.1) is 10.2 Å². The van der Waals surface area contributed by atoms with Gasteiger partial charge in [-0.3, -0.25) is 9.36 Å². The molecule has 1 aromatic heterocycles. The van der Waals surface area contributed by atoms with Crippen LogP contribution in [0.3, 0.4) is 0 Å². The summed E-state index contributed by atoms with van der Waals surface area (Å²) in [6.07, 6.45) is 1.21. The lowest BCUT2D eigenvalue weighted by atomic mass is 10.2. The predicted octanol–water partition coefficient (Wildman–Crippen LogP) is 5.53. The third-order valence-corrected chi connectivity index (χ3v) is 7.22. The van der Waals surface area contributed by atoms with Gasteiger partial charge < -0.3 is 15.2 Å². The third kappa shape index (κ3) is 6.39. The number of nitrogens with one attached hydrogen (secondary N) is 2. The van der Waals surface area contributed by atoms with Crippen molar-refractivity contribution in [3.05, 3.63) is 88.2 Å². The number of thioether (sulfide) groups is 1. The number of aromatic nitrogens is 3. The van der Waals surface area contributed by atoms with E-state index in [1.165, 1.54) is 31.2 Å². The van der Waals surface area contributed by atoms with Crippen molar-refractivity contribution in [3.8, 4) is 17.2 Å². The lowest BCUT2D eigenvalue weighted by Gasteiger charge is -2.13. The van der Waals surface area contributed by atoms with Gasteiger partial charge in [0.05, 0.1) is 40.7 Å². The van der Waals surface area contributed by atoms with Crippen molar-refractivity contribution in [1.29, 1.82) is 0 Å². The highest BCUT2D eigenvalue weighted by molar-refractivity contribution is 8.00. The van der Waals surface area contributed by atoms with Crippen molar-refractivity contribution in [3.63, 3.8) is 0 Å². The highest BCUT2D eigenvalue weighted by Gasteiger charge is 2.21. The van der Waals surface area contributed by atoms with Crippen LogP contribution in [-0.4, -0.2) is 44.4 Å². The van der Waals surface area contributed by atoms with Crippen molar-refractivity contribution in [2.75, 3.05) is 12.4 Å². The molecule has 0 saturated heterocycles. The molecule has 0 fully saturated rings. The van der Waals surface area contributed by atoms with Gasteiger partial charge in [0, 0.05) is 17.4 Å². The van der Waals surface area contributed by atoms with Gasteiger partial charge in [-0.25, -0.2) is 5.43 Å². The Balaban J connectivity index is 1.49. The molecule has 9 nitrogen and oxygen atoms in total. The number of phenolic OH excluding ortho intramolecular Hbond substituents is 1. The summed E-state index contributed by atoms with van der Waals surface area (Å²) in [7, 11) is 1.39. The SMILES string of the molecule is COc1cc(Cl)c(Cl)c(/C=N\NC(=O)[C@@H](C)Sc2nnc(CNc3ccccc3)n2-c2ccccc2)c1O. The summed E-state index contributed by atoms with van der Waals surface area (Å²) in [6, 6.07) is 20.9. The number of aromatic hydroxyl groups is 1. The van der Waals surface area contributed by atoms with Crippen LogP contribution in [0.5, 0.6) is 11.5 Å². The topological polar surface area (TPSA) is 114 Å². The summed E-state index contributed by atoms with van der Waals surface area (Å²) in [6.45, 7) is 2.17. The third-order valence-electron chi connectivity index (χ3n) is 5.37. The summed E-state index contributed by atoms with van der Waals surface area (Å²) in [5.41, 5.74) is 4.41. The first kappa shape index (κ1) is 27.3. The van der Waals surface area contributed by atoms with Crippen LogP contribution in [0.1, 0.15) is 18.3 Å². The summed E-state index contributed by atoms with van der Waals surface area (Å²) < 4.78 is 6.99. The maximum Gasteiger partial charge on any atom is 0.253 e. The average molecular weight is 571 g/mol. The minimum absolute atomic E-state index is 0.0815. The van der Waals surface area contributed by atoms with E-state index in [1.54, 1.807) is 6.92 Å². The second-order valence-corrected chi connectivity index (χ2v) is 10.0. The van der Waals surface area contributed by atoms with E-state index in [4.69, 9.17) is 27.9 Å². The molecular weight excluding hydrogens is 547 g/mol. The first-order valence-electron chi connectivity index (χ1n) is 11.4. The molecule has 1 atom stereocenters. The highest BCUT2D eigenvalue weighted by atomic mass is 35.5. The number of hydrogen-bond acceptors (Lipinski definition) is 8. The van der Waals surface area contributed by atoms with Gasteiger partial charge in [0.1, 0.15) is 0 Å². The number of hydrogen-bond donors (Lipinski definition) is 3. The standard InChI is InChI=1S/C26H24Cl2N6O3S/c1-16(25(36)32-30-14-19-23(28)20(27)13-21(37-2)24(19)35)38-26-33-31-22(15-29-17-9-5-3-6-10-17)34(26)18-11-7-4-8-12-18/h3-14,16,29,35H,15H2,1-2H3,(H,32,36)/b30-14-/t16-/m1/s1. The molecule has 4 rings (SSSR count). The maximum absolute atomic E-state index is 12.8. The number of ether oxygens (including phenoxy) is 1. The van der Waals surface area contributed by atoms with Crippen LogP contribution in [0.15, 0.2) is 77.0 Å². The quantitative estimate of drug-likeness (QED) is 0.130. The molecule has 0 radical (unpaired) electrons. The number of phenols is 1.